The van der Waals surface area contributed by atoms with Gasteiger partial charge in [-0.1, -0.05) is 18.9 Å². The molecule has 0 unspecified atom stereocenters. The van der Waals surface area contributed by atoms with Gasteiger partial charge in [-0.05, 0) is 18.9 Å². The van der Waals surface area contributed by atoms with Gasteiger partial charge < -0.3 is 10.5 Å². The molecule has 0 atom stereocenters. The lowest BCUT2D eigenvalue weighted by atomic mass is 10.1. The molecule has 1 aromatic rings. The first-order valence-corrected chi connectivity index (χ1v) is 6.77. The molecule has 0 amide bonds. The van der Waals surface area contributed by atoms with Crippen molar-refractivity contribution in [1.82, 2.24) is 9.88 Å². The Bertz CT molecular complexity index is 364. The number of methoxy groups -OCH3 is 1. The van der Waals surface area contributed by atoms with E-state index in [0.717, 1.165) is 24.5 Å². The van der Waals surface area contributed by atoms with E-state index >= 15 is 0 Å². The fraction of sp³-hybridized carbons (Fsp3) is 0.643. The first kappa shape index (κ1) is 13.3. The van der Waals surface area contributed by atoms with Crippen molar-refractivity contribution in [2.75, 3.05) is 20.2 Å². The number of aromatic nitrogens is 1. The molecular formula is C14H23N3O. The molecule has 0 aliphatic heterocycles. The molecule has 1 saturated carbocycles. The average molecular weight is 249 g/mol. The predicted octanol–water partition coefficient (Wildman–Crippen LogP) is 1.79. The van der Waals surface area contributed by atoms with E-state index in [0.29, 0.717) is 12.6 Å². The molecule has 1 aliphatic rings. The highest BCUT2D eigenvalue weighted by Crippen LogP contribution is 2.26. The summed E-state index contributed by atoms with van der Waals surface area (Å²) >= 11 is 0. The third-order valence-corrected chi connectivity index (χ3v) is 3.67. The van der Waals surface area contributed by atoms with Crippen LogP contribution in [-0.4, -0.2) is 36.1 Å². The average Bonchev–Trinajstić information content (AvgIpc) is 2.92. The topological polar surface area (TPSA) is 51.4 Å². The molecule has 4 heteroatoms. The van der Waals surface area contributed by atoms with E-state index in [1.54, 1.807) is 13.3 Å². The molecular weight excluding hydrogens is 226 g/mol. The van der Waals surface area contributed by atoms with Gasteiger partial charge in [-0.2, -0.15) is 0 Å². The standard InChI is InChI=1S/C14H23N3O/c1-18-14-12(5-4-9-16-14)11-17(10-8-15)13-6-2-3-7-13/h4-5,9,13H,2-3,6-8,10-11,15H2,1H3. The number of nitrogens with zero attached hydrogens (tertiary/aromatic N) is 2. The zero-order valence-electron chi connectivity index (χ0n) is 11.1. The van der Waals surface area contributed by atoms with Gasteiger partial charge >= 0.3 is 0 Å². The Labute approximate surface area is 109 Å². The Balaban J connectivity index is 2.07. The molecule has 2 N–H and O–H groups in total. The summed E-state index contributed by atoms with van der Waals surface area (Å²) in [7, 11) is 1.68. The van der Waals surface area contributed by atoms with Crippen LogP contribution in [0.1, 0.15) is 31.2 Å². The van der Waals surface area contributed by atoms with Gasteiger partial charge in [0.1, 0.15) is 0 Å². The Kier molecular flexibility index (Phi) is 4.96. The van der Waals surface area contributed by atoms with E-state index in [4.69, 9.17) is 10.5 Å². The largest absolute Gasteiger partial charge is 0.481 e. The van der Waals surface area contributed by atoms with Crippen molar-refractivity contribution in [2.45, 2.75) is 38.3 Å². The van der Waals surface area contributed by atoms with Crippen LogP contribution in [0.4, 0.5) is 0 Å². The minimum Gasteiger partial charge on any atom is -0.481 e. The van der Waals surface area contributed by atoms with Gasteiger partial charge in [-0.3, -0.25) is 4.90 Å². The lowest BCUT2D eigenvalue weighted by molar-refractivity contribution is 0.192. The van der Waals surface area contributed by atoms with E-state index in [1.165, 1.54) is 25.7 Å². The van der Waals surface area contributed by atoms with Crippen molar-refractivity contribution in [3.05, 3.63) is 23.9 Å². The minimum absolute atomic E-state index is 0.679. The summed E-state index contributed by atoms with van der Waals surface area (Å²) in [5, 5.41) is 0. The second-order valence-corrected chi connectivity index (χ2v) is 4.87. The van der Waals surface area contributed by atoms with Crippen LogP contribution in [0.2, 0.25) is 0 Å². The molecule has 0 radical (unpaired) electrons. The highest BCUT2D eigenvalue weighted by atomic mass is 16.5. The van der Waals surface area contributed by atoms with Crippen LogP contribution in [0.25, 0.3) is 0 Å². The second-order valence-electron chi connectivity index (χ2n) is 4.87. The summed E-state index contributed by atoms with van der Waals surface area (Å²) in [5.41, 5.74) is 6.89. The summed E-state index contributed by atoms with van der Waals surface area (Å²) in [6.45, 7) is 2.54. The summed E-state index contributed by atoms with van der Waals surface area (Å²) in [6, 6.07) is 4.73. The third-order valence-electron chi connectivity index (χ3n) is 3.67. The van der Waals surface area contributed by atoms with Gasteiger partial charge in [-0.25, -0.2) is 4.98 Å². The van der Waals surface area contributed by atoms with Crippen molar-refractivity contribution >= 4 is 0 Å². The van der Waals surface area contributed by atoms with Gasteiger partial charge in [-0.15, -0.1) is 0 Å². The Morgan fingerprint density at radius 2 is 2.22 bits per heavy atom. The zero-order chi connectivity index (χ0) is 12.8. The van der Waals surface area contributed by atoms with Gasteiger partial charge in [0, 0.05) is 37.4 Å². The molecule has 0 spiro atoms. The van der Waals surface area contributed by atoms with Crippen molar-refractivity contribution in [1.29, 1.82) is 0 Å². The normalized spacial score (nSPS) is 16.4. The van der Waals surface area contributed by atoms with E-state index < -0.39 is 0 Å². The molecule has 1 heterocycles. The van der Waals surface area contributed by atoms with Crippen LogP contribution in [0, 0.1) is 0 Å². The van der Waals surface area contributed by atoms with Crippen LogP contribution >= 0.6 is 0 Å². The van der Waals surface area contributed by atoms with Crippen molar-refractivity contribution in [3.8, 4) is 5.88 Å². The quantitative estimate of drug-likeness (QED) is 0.835. The molecule has 0 saturated heterocycles. The summed E-state index contributed by atoms with van der Waals surface area (Å²) in [4.78, 5) is 6.74. The van der Waals surface area contributed by atoms with Gasteiger partial charge in [0.05, 0.1) is 7.11 Å². The molecule has 18 heavy (non-hydrogen) atoms. The number of rotatable bonds is 6. The Hall–Kier alpha value is -1.13. The first-order chi connectivity index (χ1) is 8.85. The zero-order valence-corrected chi connectivity index (χ0v) is 11.1. The summed E-state index contributed by atoms with van der Waals surface area (Å²) in [6.07, 6.45) is 7.04. The number of pyridine rings is 1. The van der Waals surface area contributed by atoms with Gasteiger partial charge in [0.15, 0.2) is 0 Å². The van der Waals surface area contributed by atoms with E-state index in [-0.39, 0.29) is 0 Å². The Morgan fingerprint density at radius 1 is 1.44 bits per heavy atom. The molecule has 100 valence electrons. The SMILES string of the molecule is COc1ncccc1CN(CCN)C1CCCC1. The maximum absolute atomic E-state index is 5.73. The molecule has 0 aromatic carbocycles. The minimum atomic E-state index is 0.679. The highest BCUT2D eigenvalue weighted by Gasteiger charge is 2.22. The summed E-state index contributed by atoms with van der Waals surface area (Å²) in [5.74, 6) is 0.734. The first-order valence-electron chi connectivity index (χ1n) is 6.77. The maximum atomic E-state index is 5.73. The summed E-state index contributed by atoms with van der Waals surface area (Å²) < 4.78 is 5.32. The fourth-order valence-electron chi connectivity index (χ4n) is 2.77. The molecule has 1 aromatic heterocycles. The van der Waals surface area contributed by atoms with Crippen LogP contribution in [0.3, 0.4) is 0 Å². The van der Waals surface area contributed by atoms with Crippen LogP contribution < -0.4 is 10.5 Å². The van der Waals surface area contributed by atoms with Gasteiger partial charge in [0.25, 0.3) is 0 Å². The lowest BCUT2D eigenvalue weighted by Gasteiger charge is -2.28. The smallest absolute Gasteiger partial charge is 0.217 e. The highest BCUT2D eigenvalue weighted by molar-refractivity contribution is 5.25. The van der Waals surface area contributed by atoms with E-state index in [9.17, 15) is 0 Å². The molecule has 1 aliphatic carbocycles. The maximum Gasteiger partial charge on any atom is 0.217 e. The lowest BCUT2D eigenvalue weighted by Crippen LogP contribution is -2.36. The van der Waals surface area contributed by atoms with Crippen molar-refractivity contribution < 1.29 is 4.74 Å². The molecule has 0 bridgehead atoms. The number of nitrogens with two attached hydrogens (primary N) is 1. The second kappa shape index (κ2) is 6.71. The Morgan fingerprint density at radius 3 is 2.89 bits per heavy atom. The van der Waals surface area contributed by atoms with Crippen molar-refractivity contribution in [3.63, 3.8) is 0 Å². The van der Waals surface area contributed by atoms with E-state index in [1.807, 2.05) is 6.07 Å². The van der Waals surface area contributed by atoms with Crippen LogP contribution in [0.5, 0.6) is 5.88 Å². The van der Waals surface area contributed by atoms with Crippen molar-refractivity contribution in [2.24, 2.45) is 5.73 Å². The monoisotopic (exact) mass is 249 g/mol. The molecule has 1 fully saturated rings. The third kappa shape index (κ3) is 3.21. The number of hydrogen-bond acceptors (Lipinski definition) is 4. The van der Waals surface area contributed by atoms with E-state index in [2.05, 4.69) is 16.0 Å². The molecule has 4 nitrogen and oxygen atoms in total. The predicted molar refractivity (Wildman–Crippen MR) is 72.5 cm³/mol. The number of ether oxygens (including phenoxy) is 1. The fourth-order valence-corrected chi connectivity index (χ4v) is 2.77. The van der Waals surface area contributed by atoms with Gasteiger partial charge in [0.2, 0.25) is 5.88 Å². The molecule has 2 rings (SSSR count). The van der Waals surface area contributed by atoms with Crippen LogP contribution in [-0.2, 0) is 6.54 Å². The van der Waals surface area contributed by atoms with Crippen LogP contribution in [0.15, 0.2) is 18.3 Å². The number of hydrogen-bond donors (Lipinski definition) is 1.